The Balaban J connectivity index is 0.993. The highest BCUT2D eigenvalue weighted by atomic mass is 32.2. The second kappa shape index (κ2) is 14.2. The van der Waals surface area contributed by atoms with Crippen molar-refractivity contribution in [1.82, 2.24) is 20.4 Å². The standard InChI is InChI=1S/C30H34N6O2S3/c1-3-19-9-11-23(17-20(19)4-2)27(37)31-29-35-33-25(40-29)13-15-39-16-14-26-34-36-30(41-26)32-28(38)24-12-10-21-7-5-6-8-22(21)18-24/h3-8,23-24H,1-2,9-18H2,(H,31,35,37)(H,32,36,38). The number of carbonyl (C=O) groups excluding carboxylic acids is 2. The Morgan fingerprint density at radius 1 is 0.805 bits per heavy atom. The molecule has 2 aliphatic carbocycles. The van der Waals surface area contributed by atoms with E-state index in [0.29, 0.717) is 16.7 Å². The van der Waals surface area contributed by atoms with Crippen LogP contribution in [0.15, 0.2) is 60.7 Å². The SMILES string of the molecule is C=CC1=C(C=C)CC(C(=O)Nc2nnc(CCSCCc3nnc(NC(=O)C4CCc5ccccc5C4)s3)s2)CC1. The van der Waals surface area contributed by atoms with Crippen molar-refractivity contribution < 1.29 is 9.59 Å². The molecule has 8 nitrogen and oxygen atoms in total. The molecule has 5 rings (SSSR count). The van der Waals surface area contributed by atoms with Gasteiger partial charge in [-0.25, -0.2) is 0 Å². The van der Waals surface area contributed by atoms with Crippen LogP contribution < -0.4 is 10.6 Å². The second-order valence-electron chi connectivity index (χ2n) is 10.2. The van der Waals surface area contributed by atoms with Gasteiger partial charge in [-0.3, -0.25) is 9.59 Å². The number of aromatic nitrogens is 4. The summed E-state index contributed by atoms with van der Waals surface area (Å²) in [7, 11) is 0. The molecule has 2 N–H and O–H groups in total. The highest BCUT2D eigenvalue weighted by Gasteiger charge is 2.26. The van der Waals surface area contributed by atoms with Crippen LogP contribution in [0, 0.1) is 11.8 Å². The van der Waals surface area contributed by atoms with E-state index in [4.69, 9.17) is 0 Å². The lowest BCUT2D eigenvalue weighted by Gasteiger charge is -2.23. The Morgan fingerprint density at radius 2 is 1.37 bits per heavy atom. The maximum absolute atomic E-state index is 12.8. The van der Waals surface area contributed by atoms with Crippen LogP contribution in [-0.4, -0.2) is 43.7 Å². The molecular formula is C30H34N6O2S3. The fraction of sp³-hybridized carbons (Fsp3) is 0.400. The lowest BCUT2D eigenvalue weighted by atomic mass is 9.83. The molecule has 1 aromatic carbocycles. The first kappa shape index (κ1) is 29.3. The first-order chi connectivity index (χ1) is 20.0. The van der Waals surface area contributed by atoms with E-state index in [1.54, 1.807) is 0 Å². The maximum Gasteiger partial charge on any atom is 0.229 e. The van der Waals surface area contributed by atoms with Crippen molar-refractivity contribution in [1.29, 1.82) is 0 Å². The monoisotopic (exact) mass is 606 g/mol. The van der Waals surface area contributed by atoms with Gasteiger partial charge < -0.3 is 10.6 Å². The van der Waals surface area contributed by atoms with Gasteiger partial charge in [0, 0.05) is 24.7 Å². The average molecular weight is 607 g/mol. The molecule has 0 saturated carbocycles. The van der Waals surface area contributed by atoms with E-state index in [0.717, 1.165) is 72.0 Å². The number of aryl methyl sites for hydroxylation is 3. The summed E-state index contributed by atoms with van der Waals surface area (Å²) < 4.78 is 0. The number of fused-ring (bicyclic) bond motifs is 1. The third kappa shape index (κ3) is 7.78. The summed E-state index contributed by atoms with van der Waals surface area (Å²) in [5, 5.41) is 25.7. The van der Waals surface area contributed by atoms with Crippen LogP contribution in [-0.2, 0) is 35.3 Å². The Kier molecular flexibility index (Phi) is 10.1. The van der Waals surface area contributed by atoms with Crippen molar-refractivity contribution in [2.75, 3.05) is 22.1 Å². The number of hydrogen-bond donors (Lipinski definition) is 2. The van der Waals surface area contributed by atoms with Crippen LogP contribution in [0.2, 0.25) is 0 Å². The Morgan fingerprint density at radius 3 is 1.98 bits per heavy atom. The van der Waals surface area contributed by atoms with E-state index in [-0.39, 0.29) is 23.7 Å². The zero-order valence-electron chi connectivity index (χ0n) is 22.9. The molecule has 41 heavy (non-hydrogen) atoms. The fourth-order valence-corrected chi connectivity index (χ4v) is 7.85. The fourth-order valence-electron chi connectivity index (χ4n) is 5.23. The summed E-state index contributed by atoms with van der Waals surface area (Å²) in [5.41, 5.74) is 4.90. The van der Waals surface area contributed by atoms with E-state index in [1.165, 1.54) is 39.4 Å². The van der Waals surface area contributed by atoms with Gasteiger partial charge >= 0.3 is 0 Å². The van der Waals surface area contributed by atoms with Gasteiger partial charge in [-0.05, 0) is 72.3 Å². The molecular weight excluding hydrogens is 573 g/mol. The quantitative estimate of drug-likeness (QED) is 0.241. The van der Waals surface area contributed by atoms with E-state index < -0.39 is 0 Å². The molecule has 0 saturated heterocycles. The molecule has 2 heterocycles. The van der Waals surface area contributed by atoms with E-state index in [9.17, 15) is 9.59 Å². The molecule has 2 aliphatic rings. The Hall–Kier alpha value is -3.15. The van der Waals surface area contributed by atoms with Gasteiger partial charge in [0.15, 0.2) is 0 Å². The summed E-state index contributed by atoms with van der Waals surface area (Å²) in [6.07, 6.45) is 10.2. The number of nitrogens with one attached hydrogen (secondary N) is 2. The molecule has 2 aromatic heterocycles. The Bertz CT molecular complexity index is 1450. The molecule has 2 unspecified atom stereocenters. The number of amides is 2. The van der Waals surface area contributed by atoms with Crippen LogP contribution in [0.5, 0.6) is 0 Å². The summed E-state index contributed by atoms with van der Waals surface area (Å²) in [5.74, 6) is 1.70. The zero-order chi connectivity index (χ0) is 28.6. The summed E-state index contributed by atoms with van der Waals surface area (Å²) in [6, 6.07) is 8.36. The molecule has 0 spiro atoms. The summed E-state index contributed by atoms with van der Waals surface area (Å²) >= 11 is 4.69. The molecule has 0 aliphatic heterocycles. The van der Waals surface area contributed by atoms with Crippen molar-refractivity contribution in [2.45, 2.75) is 51.4 Å². The molecule has 0 radical (unpaired) electrons. The van der Waals surface area contributed by atoms with Crippen LogP contribution >= 0.6 is 34.4 Å². The third-order valence-electron chi connectivity index (χ3n) is 7.54. The number of allylic oxidation sites excluding steroid dienone is 4. The summed E-state index contributed by atoms with van der Waals surface area (Å²) in [4.78, 5) is 25.6. The largest absolute Gasteiger partial charge is 0.300 e. The smallest absolute Gasteiger partial charge is 0.229 e. The Labute approximate surface area is 252 Å². The van der Waals surface area contributed by atoms with Crippen LogP contribution in [0.3, 0.4) is 0 Å². The minimum Gasteiger partial charge on any atom is -0.300 e. The van der Waals surface area contributed by atoms with Crippen LogP contribution in [0.25, 0.3) is 0 Å². The lowest BCUT2D eigenvalue weighted by Crippen LogP contribution is -2.28. The van der Waals surface area contributed by atoms with E-state index in [1.807, 2.05) is 30.0 Å². The minimum atomic E-state index is -0.0893. The van der Waals surface area contributed by atoms with Crippen molar-refractivity contribution in [2.24, 2.45) is 11.8 Å². The van der Waals surface area contributed by atoms with Gasteiger partial charge in [-0.2, -0.15) is 11.8 Å². The second-order valence-corrected chi connectivity index (χ2v) is 13.5. The molecule has 214 valence electrons. The van der Waals surface area contributed by atoms with E-state index in [2.05, 4.69) is 62.4 Å². The number of carbonyl (C=O) groups is 2. The number of anilines is 2. The van der Waals surface area contributed by atoms with Crippen molar-refractivity contribution in [3.05, 3.63) is 81.9 Å². The molecule has 0 bridgehead atoms. The molecule has 2 atom stereocenters. The minimum absolute atomic E-state index is 0.0128. The molecule has 11 heteroatoms. The highest BCUT2D eigenvalue weighted by molar-refractivity contribution is 7.99. The average Bonchev–Trinajstić information content (AvgIpc) is 3.65. The van der Waals surface area contributed by atoms with Gasteiger partial charge in [0.05, 0.1) is 0 Å². The predicted molar refractivity (Wildman–Crippen MR) is 169 cm³/mol. The molecule has 3 aromatic rings. The predicted octanol–water partition coefficient (Wildman–Crippen LogP) is 6.06. The maximum atomic E-state index is 12.8. The molecule has 0 fully saturated rings. The number of thioether (sulfide) groups is 1. The van der Waals surface area contributed by atoms with Gasteiger partial charge in [0.2, 0.25) is 22.1 Å². The van der Waals surface area contributed by atoms with Crippen molar-refractivity contribution in [3.8, 4) is 0 Å². The van der Waals surface area contributed by atoms with Crippen molar-refractivity contribution >= 4 is 56.5 Å². The topological polar surface area (TPSA) is 110 Å². The number of benzene rings is 1. The van der Waals surface area contributed by atoms with Crippen LogP contribution in [0.4, 0.5) is 10.3 Å². The normalized spacial score (nSPS) is 18.4. The van der Waals surface area contributed by atoms with Crippen LogP contribution in [0.1, 0.15) is 46.8 Å². The zero-order valence-corrected chi connectivity index (χ0v) is 25.4. The van der Waals surface area contributed by atoms with Gasteiger partial charge in [-0.15, -0.1) is 20.4 Å². The number of nitrogens with zero attached hydrogens (tertiary/aromatic N) is 4. The number of hydrogen-bond acceptors (Lipinski definition) is 9. The van der Waals surface area contributed by atoms with Gasteiger partial charge in [0.25, 0.3) is 0 Å². The third-order valence-corrected chi connectivity index (χ3v) is 10.3. The first-order valence-electron chi connectivity index (χ1n) is 13.9. The summed E-state index contributed by atoms with van der Waals surface area (Å²) in [6.45, 7) is 7.74. The molecule has 2 amide bonds. The van der Waals surface area contributed by atoms with Gasteiger partial charge in [0.1, 0.15) is 10.0 Å². The lowest BCUT2D eigenvalue weighted by molar-refractivity contribution is -0.120. The van der Waals surface area contributed by atoms with Gasteiger partial charge in [-0.1, -0.05) is 72.2 Å². The highest BCUT2D eigenvalue weighted by Crippen LogP contribution is 2.32. The number of rotatable bonds is 12. The first-order valence-corrected chi connectivity index (χ1v) is 16.7. The van der Waals surface area contributed by atoms with Crippen molar-refractivity contribution in [3.63, 3.8) is 0 Å². The van der Waals surface area contributed by atoms with E-state index >= 15 is 0 Å².